The molecule has 1 heterocycles. The molecule has 24 heavy (non-hydrogen) atoms. The predicted molar refractivity (Wildman–Crippen MR) is 99.7 cm³/mol. The Morgan fingerprint density at radius 1 is 1.21 bits per heavy atom. The van der Waals surface area contributed by atoms with E-state index in [1.165, 1.54) is 16.3 Å². The molecule has 0 aliphatic rings. The van der Waals surface area contributed by atoms with Crippen LogP contribution in [0.4, 0.5) is 0 Å². The minimum Gasteiger partial charge on any atom is -0.462 e. The van der Waals surface area contributed by atoms with Gasteiger partial charge in [-0.1, -0.05) is 38.5 Å². The van der Waals surface area contributed by atoms with Crippen LogP contribution in [0.1, 0.15) is 48.2 Å². The van der Waals surface area contributed by atoms with E-state index in [-0.39, 0.29) is 5.97 Å². The fourth-order valence-corrected chi connectivity index (χ4v) is 3.58. The maximum absolute atomic E-state index is 12.7. The molecule has 0 bridgehead atoms. The summed E-state index contributed by atoms with van der Waals surface area (Å²) >= 11 is 0. The molecule has 0 spiro atoms. The quantitative estimate of drug-likeness (QED) is 0.480. The Hall–Kier alpha value is -2.29. The van der Waals surface area contributed by atoms with Crippen molar-refractivity contribution in [2.45, 2.75) is 40.0 Å². The Kier molecular flexibility index (Phi) is 4.61. The smallest absolute Gasteiger partial charge is 0.340 e. The molecule has 1 aromatic heterocycles. The summed E-state index contributed by atoms with van der Waals surface area (Å²) in [6, 6.07) is 10.3. The van der Waals surface area contributed by atoms with Crippen molar-refractivity contribution in [3.8, 4) is 0 Å². The van der Waals surface area contributed by atoms with Gasteiger partial charge in [0.25, 0.3) is 0 Å². The summed E-state index contributed by atoms with van der Waals surface area (Å²) < 4.78 is 7.63. The normalized spacial score (nSPS) is 11.3. The Morgan fingerprint density at radius 2 is 1.96 bits per heavy atom. The molecule has 0 N–H and O–H groups in total. The zero-order chi connectivity index (χ0) is 17.3. The van der Waals surface area contributed by atoms with Crippen LogP contribution in [0.2, 0.25) is 0 Å². The second-order valence-electron chi connectivity index (χ2n) is 6.36. The first-order chi connectivity index (χ1) is 11.6. The van der Waals surface area contributed by atoms with E-state index in [1.807, 2.05) is 19.2 Å². The van der Waals surface area contributed by atoms with Gasteiger partial charge in [-0.05, 0) is 43.0 Å². The highest BCUT2D eigenvalue weighted by molar-refractivity contribution is 6.16. The molecule has 0 saturated carbocycles. The van der Waals surface area contributed by atoms with Crippen LogP contribution in [-0.4, -0.2) is 17.1 Å². The first-order valence-electron chi connectivity index (χ1n) is 8.76. The standard InChI is InChI=1S/C21H25NO2/c1-5-7-12-24-21(23)17-13-14(3)15(6-2)19-16-10-8-9-11-18(16)22(4)20(17)19/h8-11,13H,5-7,12H2,1-4H3. The minimum atomic E-state index is -0.217. The number of hydrogen-bond acceptors (Lipinski definition) is 2. The Labute approximate surface area is 143 Å². The van der Waals surface area contributed by atoms with Crippen molar-refractivity contribution >= 4 is 27.8 Å². The van der Waals surface area contributed by atoms with E-state index >= 15 is 0 Å². The van der Waals surface area contributed by atoms with Gasteiger partial charge in [0.05, 0.1) is 17.7 Å². The van der Waals surface area contributed by atoms with Gasteiger partial charge in [0.15, 0.2) is 0 Å². The van der Waals surface area contributed by atoms with Crippen molar-refractivity contribution in [1.29, 1.82) is 0 Å². The molecule has 0 aliphatic heterocycles. The SMILES string of the molecule is CCCCOC(=O)c1cc(C)c(CC)c2c3ccccc3n(C)c12. The maximum atomic E-state index is 12.7. The summed E-state index contributed by atoms with van der Waals surface area (Å²) in [4.78, 5) is 12.7. The van der Waals surface area contributed by atoms with Gasteiger partial charge in [-0.2, -0.15) is 0 Å². The number of aromatic nitrogens is 1. The third kappa shape index (κ3) is 2.58. The zero-order valence-corrected chi connectivity index (χ0v) is 15.0. The molecule has 2 aromatic carbocycles. The van der Waals surface area contributed by atoms with E-state index in [4.69, 9.17) is 4.74 Å². The lowest BCUT2D eigenvalue weighted by Crippen LogP contribution is -2.09. The van der Waals surface area contributed by atoms with Crippen LogP contribution >= 0.6 is 0 Å². The second kappa shape index (κ2) is 6.68. The molecule has 0 fully saturated rings. The first kappa shape index (κ1) is 16.6. The number of carbonyl (C=O) groups excluding carboxylic acids is 1. The molecule has 0 saturated heterocycles. The molecule has 126 valence electrons. The van der Waals surface area contributed by atoms with Crippen LogP contribution in [0.25, 0.3) is 21.8 Å². The van der Waals surface area contributed by atoms with Gasteiger partial charge in [-0.3, -0.25) is 0 Å². The van der Waals surface area contributed by atoms with Crippen molar-refractivity contribution in [2.24, 2.45) is 7.05 Å². The first-order valence-corrected chi connectivity index (χ1v) is 8.76. The van der Waals surface area contributed by atoms with Gasteiger partial charge in [-0.15, -0.1) is 0 Å². The summed E-state index contributed by atoms with van der Waals surface area (Å²) in [5, 5.41) is 2.40. The van der Waals surface area contributed by atoms with E-state index in [2.05, 4.69) is 43.5 Å². The summed E-state index contributed by atoms with van der Waals surface area (Å²) in [5.74, 6) is -0.217. The van der Waals surface area contributed by atoms with Crippen LogP contribution in [0, 0.1) is 6.92 Å². The van der Waals surface area contributed by atoms with Crippen LogP contribution < -0.4 is 0 Å². The number of rotatable bonds is 5. The number of unbranched alkanes of at least 4 members (excludes halogenated alkanes) is 1. The third-order valence-electron chi connectivity index (χ3n) is 4.81. The second-order valence-corrected chi connectivity index (χ2v) is 6.36. The topological polar surface area (TPSA) is 31.2 Å². The van der Waals surface area contributed by atoms with Crippen molar-refractivity contribution in [3.63, 3.8) is 0 Å². The number of para-hydroxylation sites is 1. The van der Waals surface area contributed by atoms with Crippen molar-refractivity contribution in [3.05, 3.63) is 47.0 Å². The molecule has 0 radical (unpaired) electrons. The molecule has 0 atom stereocenters. The Bertz CT molecular complexity index is 905. The fraction of sp³-hybridized carbons (Fsp3) is 0.381. The number of esters is 1. The average Bonchev–Trinajstić information content (AvgIpc) is 2.88. The number of nitrogens with zero attached hydrogens (tertiary/aromatic N) is 1. The largest absolute Gasteiger partial charge is 0.462 e. The highest BCUT2D eigenvalue weighted by atomic mass is 16.5. The molecule has 3 rings (SSSR count). The maximum Gasteiger partial charge on any atom is 0.340 e. The summed E-state index contributed by atoms with van der Waals surface area (Å²) in [6.07, 6.45) is 2.86. The van der Waals surface area contributed by atoms with Crippen LogP contribution in [0.5, 0.6) is 0 Å². The monoisotopic (exact) mass is 323 g/mol. The van der Waals surface area contributed by atoms with E-state index in [0.717, 1.165) is 35.9 Å². The van der Waals surface area contributed by atoms with Crippen molar-refractivity contribution in [1.82, 2.24) is 4.57 Å². The number of fused-ring (bicyclic) bond motifs is 3. The Balaban J connectivity index is 2.29. The Morgan fingerprint density at radius 3 is 2.67 bits per heavy atom. The molecule has 0 aliphatic carbocycles. The molecule has 3 nitrogen and oxygen atoms in total. The van der Waals surface area contributed by atoms with Crippen molar-refractivity contribution < 1.29 is 9.53 Å². The summed E-state index contributed by atoms with van der Waals surface area (Å²) in [6.45, 7) is 6.83. The van der Waals surface area contributed by atoms with E-state index in [1.54, 1.807) is 0 Å². The van der Waals surface area contributed by atoms with Crippen molar-refractivity contribution in [2.75, 3.05) is 6.61 Å². The summed E-state index contributed by atoms with van der Waals surface area (Å²) in [7, 11) is 2.03. The predicted octanol–water partition coefficient (Wildman–Crippen LogP) is 5.16. The van der Waals surface area contributed by atoms with Gasteiger partial charge >= 0.3 is 5.97 Å². The van der Waals surface area contributed by atoms with Gasteiger partial charge in [0.2, 0.25) is 0 Å². The average molecular weight is 323 g/mol. The van der Waals surface area contributed by atoms with Gasteiger partial charge in [-0.25, -0.2) is 4.79 Å². The van der Waals surface area contributed by atoms with E-state index in [9.17, 15) is 4.79 Å². The van der Waals surface area contributed by atoms with Crippen LogP contribution in [-0.2, 0) is 18.2 Å². The van der Waals surface area contributed by atoms with Crippen LogP contribution in [0.15, 0.2) is 30.3 Å². The lowest BCUT2D eigenvalue weighted by Gasteiger charge is -2.12. The number of ether oxygens (including phenoxy) is 1. The zero-order valence-electron chi connectivity index (χ0n) is 15.0. The number of aryl methyl sites for hydroxylation is 3. The number of carbonyl (C=O) groups is 1. The molecule has 3 heteroatoms. The van der Waals surface area contributed by atoms with E-state index in [0.29, 0.717) is 12.2 Å². The minimum absolute atomic E-state index is 0.217. The molecule has 3 aromatic rings. The lowest BCUT2D eigenvalue weighted by molar-refractivity contribution is 0.0501. The van der Waals surface area contributed by atoms with Gasteiger partial charge in [0, 0.05) is 23.3 Å². The highest BCUT2D eigenvalue weighted by Gasteiger charge is 2.21. The summed E-state index contributed by atoms with van der Waals surface area (Å²) in [5.41, 5.74) is 5.28. The van der Waals surface area contributed by atoms with Gasteiger partial charge < -0.3 is 9.30 Å². The number of hydrogen-bond donors (Lipinski definition) is 0. The molecular weight excluding hydrogens is 298 g/mol. The van der Waals surface area contributed by atoms with E-state index < -0.39 is 0 Å². The lowest BCUT2D eigenvalue weighted by atomic mass is 9.96. The highest BCUT2D eigenvalue weighted by Crippen LogP contribution is 2.35. The van der Waals surface area contributed by atoms with Crippen LogP contribution in [0.3, 0.4) is 0 Å². The molecule has 0 unspecified atom stereocenters. The molecular formula is C21H25NO2. The number of benzene rings is 2. The molecule has 0 amide bonds. The fourth-order valence-electron chi connectivity index (χ4n) is 3.58. The van der Waals surface area contributed by atoms with Gasteiger partial charge in [0.1, 0.15) is 0 Å². The third-order valence-corrected chi connectivity index (χ3v) is 4.81.